The van der Waals surface area contributed by atoms with Crippen LogP contribution in [0, 0.1) is 0 Å². The molecule has 0 aliphatic carbocycles. The molecule has 86 valence electrons. The molecule has 0 aliphatic heterocycles. The number of carboxylic acid groups (broad SMARTS) is 1. The number of carboxylic acids is 1. The van der Waals surface area contributed by atoms with Crippen LogP contribution in [0.1, 0.15) is 18.9 Å². The van der Waals surface area contributed by atoms with E-state index in [0.717, 1.165) is 11.3 Å². The van der Waals surface area contributed by atoms with Crippen LogP contribution in [0.5, 0.6) is 5.75 Å². The molecule has 0 unspecified atom stereocenters. The molecule has 1 aromatic carbocycles. The Morgan fingerprint density at radius 3 is 2.69 bits per heavy atom. The van der Waals surface area contributed by atoms with E-state index in [1.807, 2.05) is 24.3 Å². The molecule has 1 aromatic rings. The maximum atomic E-state index is 10.8. The zero-order chi connectivity index (χ0) is 12.0. The number of aryl methyl sites for hydroxylation is 1. The summed E-state index contributed by atoms with van der Waals surface area (Å²) in [4.78, 5) is 10.8. The molecule has 1 rings (SSSR count). The third-order valence-corrected chi connectivity index (χ3v) is 2.48. The number of para-hydroxylation sites is 1. The summed E-state index contributed by atoms with van der Waals surface area (Å²) >= 11 is 0. The molecule has 0 atom stereocenters. The molecule has 0 saturated heterocycles. The van der Waals surface area contributed by atoms with Gasteiger partial charge in [0.25, 0.3) is 0 Å². The first-order chi connectivity index (χ1) is 7.69. The highest BCUT2D eigenvalue weighted by Gasteiger charge is 2.08. The topological polar surface area (TPSA) is 46.5 Å². The number of rotatable bonds is 5. The summed E-state index contributed by atoms with van der Waals surface area (Å²) in [6.07, 6.45) is 2.83. The van der Waals surface area contributed by atoms with Crippen molar-refractivity contribution < 1.29 is 14.6 Å². The van der Waals surface area contributed by atoms with E-state index in [0.29, 0.717) is 18.4 Å². The fraction of sp³-hybridized carbons (Fsp3) is 0.308. The van der Waals surface area contributed by atoms with Crippen LogP contribution in [0.15, 0.2) is 35.9 Å². The zero-order valence-electron chi connectivity index (χ0n) is 9.56. The van der Waals surface area contributed by atoms with Crippen LogP contribution >= 0.6 is 0 Å². The first-order valence-electron chi connectivity index (χ1n) is 5.19. The Kier molecular flexibility index (Phi) is 4.58. The number of carbonyl (C=O) groups is 1. The van der Waals surface area contributed by atoms with E-state index >= 15 is 0 Å². The number of benzene rings is 1. The van der Waals surface area contributed by atoms with Gasteiger partial charge in [-0.05, 0) is 31.4 Å². The normalized spacial score (nSPS) is 11.2. The number of allylic oxidation sites excluding steroid dienone is 1. The van der Waals surface area contributed by atoms with Gasteiger partial charge >= 0.3 is 5.97 Å². The maximum Gasteiger partial charge on any atom is 0.331 e. The lowest BCUT2D eigenvalue weighted by Crippen LogP contribution is -2.02. The second-order valence-corrected chi connectivity index (χ2v) is 3.43. The van der Waals surface area contributed by atoms with E-state index in [-0.39, 0.29) is 0 Å². The number of methoxy groups -OCH3 is 1. The van der Waals surface area contributed by atoms with E-state index in [2.05, 4.69) is 0 Å². The summed E-state index contributed by atoms with van der Waals surface area (Å²) in [6, 6.07) is 7.66. The van der Waals surface area contributed by atoms with Gasteiger partial charge in [0.05, 0.1) is 7.11 Å². The molecule has 0 aromatic heterocycles. The monoisotopic (exact) mass is 220 g/mol. The Hall–Kier alpha value is -1.77. The van der Waals surface area contributed by atoms with Crippen molar-refractivity contribution in [1.82, 2.24) is 0 Å². The van der Waals surface area contributed by atoms with Gasteiger partial charge in [-0.2, -0.15) is 0 Å². The maximum absolute atomic E-state index is 10.8. The predicted molar refractivity (Wildman–Crippen MR) is 62.7 cm³/mol. The predicted octanol–water partition coefficient (Wildman–Crippen LogP) is 2.66. The first kappa shape index (κ1) is 12.3. The molecular weight excluding hydrogens is 204 g/mol. The van der Waals surface area contributed by atoms with Crippen LogP contribution in [0.4, 0.5) is 0 Å². The van der Waals surface area contributed by atoms with E-state index in [1.165, 1.54) is 0 Å². The van der Waals surface area contributed by atoms with Crippen molar-refractivity contribution >= 4 is 5.97 Å². The van der Waals surface area contributed by atoms with Crippen molar-refractivity contribution in [3.63, 3.8) is 0 Å². The van der Waals surface area contributed by atoms with Crippen LogP contribution in [0.25, 0.3) is 0 Å². The van der Waals surface area contributed by atoms with Gasteiger partial charge in [0, 0.05) is 5.57 Å². The van der Waals surface area contributed by atoms with Crippen LogP contribution in [-0.4, -0.2) is 18.2 Å². The number of hydrogen-bond donors (Lipinski definition) is 1. The number of hydrogen-bond acceptors (Lipinski definition) is 2. The molecule has 0 spiro atoms. The first-order valence-corrected chi connectivity index (χ1v) is 5.19. The summed E-state index contributed by atoms with van der Waals surface area (Å²) in [7, 11) is 1.62. The molecule has 0 amide bonds. The highest BCUT2D eigenvalue weighted by Crippen LogP contribution is 2.20. The van der Waals surface area contributed by atoms with Crippen molar-refractivity contribution in [2.45, 2.75) is 19.8 Å². The molecule has 3 nitrogen and oxygen atoms in total. The average Bonchev–Trinajstić information content (AvgIpc) is 2.30. The molecule has 0 saturated carbocycles. The fourth-order valence-corrected chi connectivity index (χ4v) is 1.55. The van der Waals surface area contributed by atoms with Crippen molar-refractivity contribution in [3.8, 4) is 5.75 Å². The van der Waals surface area contributed by atoms with Gasteiger partial charge < -0.3 is 9.84 Å². The molecule has 0 fully saturated rings. The van der Waals surface area contributed by atoms with Gasteiger partial charge in [-0.25, -0.2) is 4.79 Å². The molecular formula is C13H16O3. The lowest BCUT2D eigenvalue weighted by molar-refractivity contribution is -0.132. The largest absolute Gasteiger partial charge is 0.496 e. The fourth-order valence-electron chi connectivity index (χ4n) is 1.55. The Morgan fingerprint density at radius 2 is 2.12 bits per heavy atom. The van der Waals surface area contributed by atoms with E-state index in [1.54, 1.807) is 20.1 Å². The number of ether oxygens (including phenoxy) is 1. The Labute approximate surface area is 95.4 Å². The molecule has 0 bridgehead atoms. The highest BCUT2D eigenvalue weighted by atomic mass is 16.5. The van der Waals surface area contributed by atoms with Crippen LogP contribution in [-0.2, 0) is 11.2 Å². The summed E-state index contributed by atoms with van der Waals surface area (Å²) in [5.74, 6) is -0.0410. The van der Waals surface area contributed by atoms with Crippen molar-refractivity contribution in [2.75, 3.05) is 7.11 Å². The van der Waals surface area contributed by atoms with E-state index in [9.17, 15) is 4.79 Å². The van der Waals surface area contributed by atoms with Gasteiger partial charge in [0.1, 0.15) is 5.75 Å². The van der Waals surface area contributed by atoms with Crippen molar-refractivity contribution in [1.29, 1.82) is 0 Å². The second kappa shape index (κ2) is 5.95. The van der Waals surface area contributed by atoms with E-state index < -0.39 is 5.97 Å². The smallest absolute Gasteiger partial charge is 0.331 e. The summed E-state index contributed by atoms with van der Waals surface area (Å²) in [5.41, 5.74) is 1.47. The molecule has 0 heterocycles. The summed E-state index contributed by atoms with van der Waals surface area (Å²) in [5, 5.41) is 8.88. The second-order valence-electron chi connectivity index (χ2n) is 3.43. The quantitative estimate of drug-likeness (QED) is 0.776. The van der Waals surface area contributed by atoms with Crippen LogP contribution < -0.4 is 4.74 Å². The lowest BCUT2D eigenvalue weighted by Gasteiger charge is -2.07. The van der Waals surface area contributed by atoms with E-state index in [4.69, 9.17) is 9.84 Å². The third-order valence-electron chi connectivity index (χ3n) is 2.48. The van der Waals surface area contributed by atoms with Gasteiger partial charge in [-0.15, -0.1) is 0 Å². The summed E-state index contributed by atoms with van der Waals surface area (Å²) < 4.78 is 5.20. The van der Waals surface area contributed by atoms with Gasteiger partial charge in [-0.1, -0.05) is 24.3 Å². The molecule has 0 aliphatic rings. The van der Waals surface area contributed by atoms with Crippen LogP contribution in [0.2, 0.25) is 0 Å². The van der Waals surface area contributed by atoms with Crippen molar-refractivity contribution in [2.24, 2.45) is 0 Å². The average molecular weight is 220 g/mol. The lowest BCUT2D eigenvalue weighted by atomic mass is 10.0. The van der Waals surface area contributed by atoms with Gasteiger partial charge in [-0.3, -0.25) is 0 Å². The molecule has 16 heavy (non-hydrogen) atoms. The standard InChI is InChI=1S/C13H16O3/c1-3-10(13(14)15)8-9-11-6-4-5-7-12(11)16-2/h3-7H,8-9H2,1-2H3,(H,14,15)/b10-3+. The van der Waals surface area contributed by atoms with Crippen LogP contribution in [0.3, 0.4) is 0 Å². The Morgan fingerprint density at radius 1 is 1.44 bits per heavy atom. The minimum absolute atomic E-state index is 0.436. The minimum Gasteiger partial charge on any atom is -0.496 e. The molecule has 3 heteroatoms. The number of aliphatic carboxylic acids is 1. The Balaban J connectivity index is 2.71. The molecule has 0 radical (unpaired) electrons. The minimum atomic E-state index is -0.850. The van der Waals surface area contributed by atoms with Gasteiger partial charge in [0.15, 0.2) is 0 Å². The van der Waals surface area contributed by atoms with Gasteiger partial charge in [0.2, 0.25) is 0 Å². The van der Waals surface area contributed by atoms with Crippen molar-refractivity contribution in [3.05, 3.63) is 41.5 Å². The zero-order valence-corrected chi connectivity index (χ0v) is 9.56. The molecule has 1 N–H and O–H groups in total. The Bertz CT molecular complexity index is 394. The summed E-state index contributed by atoms with van der Waals surface area (Å²) in [6.45, 7) is 1.74. The highest BCUT2D eigenvalue weighted by molar-refractivity contribution is 5.86. The SMILES string of the molecule is C/C=C(\CCc1ccccc1OC)C(=O)O. The third kappa shape index (κ3) is 3.12.